The number of nitrogens with zero attached hydrogens (tertiary/aromatic N) is 1. The molecular formula is C9H22N2O2. The number of hydrogen-bond acceptors (Lipinski definition) is 4. The summed E-state index contributed by atoms with van der Waals surface area (Å²) in [6.07, 6.45) is 1.11. The van der Waals surface area contributed by atoms with Crippen LogP contribution in [0.1, 0.15) is 6.42 Å². The van der Waals surface area contributed by atoms with Gasteiger partial charge in [0, 0.05) is 20.2 Å². The first-order valence-corrected chi connectivity index (χ1v) is 4.82. The highest BCUT2D eigenvalue weighted by molar-refractivity contribution is 4.57. The highest BCUT2D eigenvalue weighted by Gasteiger charge is 2.02. The van der Waals surface area contributed by atoms with Crippen LogP contribution in [0.2, 0.25) is 0 Å². The van der Waals surface area contributed by atoms with Crippen molar-refractivity contribution in [1.29, 1.82) is 0 Å². The highest BCUT2D eigenvalue weighted by Crippen LogP contribution is 1.90. The van der Waals surface area contributed by atoms with Gasteiger partial charge in [0.05, 0.1) is 13.2 Å². The van der Waals surface area contributed by atoms with Gasteiger partial charge >= 0.3 is 0 Å². The number of methoxy groups -OCH3 is 1. The van der Waals surface area contributed by atoms with Crippen molar-refractivity contribution >= 4 is 0 Å². The summed E-state index contributed by atoms with van der Waals surface area (Å²) < 4.78 is 4.99. The number of ether oxygens (including phenoxy) is 1. The Labute approximate surface area is 80.9 Å². The molecule has 0 aromatic heterocycles. The van der Waals surface area contributed by atoms with Crippen molar-refractivity contribution in [2.75, 3.05) is 53.6 Å². The van der Waals surface area contributed by atoms with E-state index in [2.05, 4.69) is 10.2 Å². The Morgan fingerprint density at radius 3 is 2.62 bits per heavy atom. The molecule has 0 atom stereocenters. The average molecular weight is 190 g/mol. The Hall–Kier alpha value is -0.160. The third kappa shape index (κ3) is 8.18. The second-order valence-electron chi connectivity index (χ2n) is 3.02. The van der Waals surface area contributed by atoms with E-state index >= 15 is 0 Å². The predicted octanol–water partition coefficient (Wildman–Crippen LogP) is -0.463. The van der Waals surface area contributed by atoms with Crippen LogP contribution in [0.25, 0.3) is 0 Å². The van der Waals surface area contributed by atoms with Crippen molar-refractivity contribution in [3.63, 3.8) is 0 Å². The van der Waals surface area contributed by atoms with Crippen molar-refractivity contribution in [3.05, 3.63) is 0 Å². The Balaban J connectivity index is 3.41. The molecule has 0 spiro atoms. The SMILES string of the molecule is CNCCCN(CCO)CCOC. The first-order valence-electron chi connectivity index (χ1n) is 4.82. The lowest BCUT2D eigenvalue weighted by molar-refractivity contribution is 0.130. The normalized spacial score (nSPS) is 11.1. The largest absolute Gasteiger partial charge is 0.395 e. The van der Waals surface area contributed by atoms with Gasteiger partial charge < -0.3 is 15.2 Å². The average Bonchev–Trinajstić information content (AvgIpc) is 2.14. The van der Waals surface area contributed by atoms with E-state index in [9.17, 15) is 0 Å². The van der Waals surface area contributed by atoms with Gasteiger partial charge in [0.1, 0.15) is 0 Å². The van der Waals surface area contributed by atoms with Gasteiger partial charge in [-0.1, -0.05) is 0 Å². The minimum Gasteiger partial charge on any atom is -0.395 e. The quantitative estimate of drug-likeness (QED) is 0.483. The van der Waals surface area contributed by atoms with Crippen LogP contribution < -0.4 is 5.32 Å². The zero-order chi connectivity index (χ0) is 9.94. The van der Waals surface area contributed by atoms with Crippen LogP contribution >= 0.6 is 0 Å². The molecule has 80 valence electrons. The summed E-state index contributed by atoms with van der Waals surface area (Å²) in [6.45, 7) is 4.65. The third-order valence-corrected chi connectivity index (χ3v) is 1.93. The van der Waals surface area contributed by atoms with Crippen molar-refractivity contribution in [1.82, 2.24) is 10.2 Å². The van der Waals surface area contributed by atoms with Gasteiger partial charge in [0.2, 0.25) is 0 Å². The molecule has 0 rings (SSSR count). The fraction of sp³-hybridized carbons (Fsp3) is 1.00. The van der Waals surface area contributed by atoms with E-state index < -0.39 is 0 Å². The van der Waals surface area contributed by atoms with Crippen molar-refractivity contribution in [2.45, 2.75) is 6.42 Å². The maximum atomic E-state index is 8.79. The molecule has 13 heavy (non-hydrogen) atoms. The molecule has 0 aliphatic rings. The lowest BCUT2D eigenvalue weighted by Gasteiger charge is -2.20. The number of nitrogens with one attached hydrogen (secondary N) is 1. The van der Waals surface area contributed by atoms with E-state index in [0.717, 1.165) is 39.2 Å². The number of aliphatic hydroxyl groups excluding tert-OH is 1. The molecule has 0 fully saturated rings. The number of aliphatic hydroxyl groups is 1. The molecule has 0 radical (unpaired) electrons. The predicted molar refractivity (Wildman–Crippen MR) is 53.9 cm³/mol. The maximum Gasteiger partial charge on any atom is 0.0589 e. The topological polar surface area (TPSA) is 44.7 Å². The smallest absolute Gasteiger partial charge is 0.0589 e. The van der Waals surface area contributed by atoms with Crippen molar-refractivity contribution < 1.29 is 9.84 Å². The summed E-state index contributed by atoms with van der Waals surface area (Å²) in [6, 6.07) is 0. The molecule has 0 aliphatic carbocycles. The van der Waals surface area contributed by atoms with Gasteiger partial charge in [-0.2, -0.15) is 0 Å². The maximum absolute atomic E-state index is 8.79. The Bertz CT molecular complexity index is 102. The molecule has 4 heteroatoms. The van der Waals surface area contributed by atoms with Crippen LogP contribution in [0.15, 0.2) is 0 Å². The summed E-state index contributed by atoms with van der Waals surface area (Å²) in [7, 11) is 3.65. The molecule has 2 N–H and O–H groups in total. The summed E-state index contributed by atoms with van der Waals surface area (Å²) in [5.74, 6) is 0. The van der Waals surface area contributed by atoms with E-state index in [4.69, 9.17) is 9.84 Å². The second kappa shape index (κ2) is 9.92. The summed E-state index contributed by atoms with van der Waals surface area (Å²) in [4.78, 5) is 2.21. The summed E-state index contributed by atoms with van der Waals surface area (Å²) in [5, 5.41) is 11.9. The fourth-order valence-corrected chi connectivity index (χ4v) is 1.18. The molecular weight excluding hydrogens is 168 g/mol. The minimum atomic E-state index is 0.225. The lowest BCUT2D eigenvalue weighted by atomic mass is 10.3. The molecule has 0 amide bonds. The van der Waals surface area contributed by atoms with E-state index in [0.29, 0.717) is 0 Å². The standard InChI is InChI=1S/C9H22N2O2/c1-10-4-3-5-11(6-8-12)7-9-13-2/h10,12H,3-9H2,1-2H3. The first-order chi connectivity index (χ1) is 6.35. The zero-order valence-electron chi connectivity index (χ0n) is 8.75. The summed E-state index contributed by atoms with van der Waals surface area (Å²) in [5.41, 5.74) is 0. The van der Waals surface area contributed by atoms with Crippen LogP contribution in [-0.4, -0.2) is 63.6 Å². The number of rotatable bonds is 9. The molecule has 0 aromatic rings. The third-order valence-electron chi connectivity index (χ3n) is 1.93. The fourth-order valence-electron chi connectivity index (χ4n) is 1.18. The van der Waals surface area contributed by atoms with Gasteiger partial charge in [-0.15, -0.1) is 0 Å². The van der Waals surface area contributed by atoms with Gasteiger partial charge in [-0.3, -0.25) is 4.90 Å². The first kappa shape index (κ1) is 12.8. The monoisotopic (exact) mass is 190 g/mol. The van der Waals surface area contributed by atoms with E-state index in [1.807, 2.05) is 7.05 Å². The van der Waals surface area contributed by atoms with Crippen LogP contribution in [0.4, 0.5) is 0 Å². The Morgan fingerprint density at radius 2 is 2.08 bits per heavy atom. The molecule has 0 unspecified atom stereocenters. The van der Waals surface area contributed by atoms with Crippen LogP contribution in [-0.2, 0) is 4.74 Å². The van der Waals surface area contributed by atoms with Crippen LogP contribution in [0.3, 0.4) is 0 Å². The van der Waals surface area contributed by atoms with Gasteiger partial charge in [0.25, 0.3) is 0 Å². The molecule has 0 aliphatic heterocycles. The minimum absolute atomic E-state index is 0.225. The van der Waals surface area contributed by atoms with Gasteiger partial charge in [-0.05, 0) is 26.6 Å². The Morgan fingerprint density at radius 1 is 1.31 bits per heavy atom. The molecule has 0 saturated heterocycles. The molecule has 4 nitrogen and oxygen atoms in total. The van der Waals surface area contributed by atoms with E-state index in [1.165, 1.54) is 0 Å². The van der Waals surface area contributed by atoms with Crippen LogP contribution in [0, 0.1) is 0 Å². The van der Waals surface area contributed by atoms with Crippen LogP contribution in [0.5, 0.6) is 0 Å². The molecule has 0 bridgehead atoms. The van der Waals surface area contributed by atoms with Crippen molar-refractivity contribution in [3.8, 4) is 0 Å². The molecule has 0 heterocycles. The second-order valence-corrected chi connectivity index (χ2v) is 3.02. The Kier molecular flexibility index (Phi) is 9.80. The highest BCUT2D eigenvalue weighted by atomic mass is 16.5. The van der Waals surface area contributed by atoms with E-state index in [-0.39, 0.29) is 6.61 Å². The lowest BCUT2D eigenvalue weighted by Crippen LogP contribution is -2.32. The zero-order valence-corrected chi connectivity index (χ0v) is 8.75. The molecule has 0 saturated carbocycles. The van der Waals surface area contributed by atoms with E-state index in [1.54, 1.807) is 7.11 Å². The summed E-state index contributed by atoms with van der Waals surface area (Å²) >= 11 is 0. The van der Waals surface area contributed by atoms with Crippen molar-refractivity contribution in [2.24, 2.45) is 0 Å². The van der Waals surface area contributed by atoms with Gasteiger partial charge in [-0.25, -0.2) is 0 Å². The molecule has 0 aromatic carbocycles. The number of hydrogen-bond donors (Lipinski definition) is 2. The van der Waals surface area contributed by atoms with Gasteiger partial charge in [0.15, 0.2) is 0 Å².